The fourth-order valence-corrected chi connectivity index (χ4v) is 5.82. The van der Waals surface area contributed by atoms with Gasteiger partial charge in [-0.1, -0.05) is 13.3 Å². The van der Waals surface area contributed by atoms with Crippen LogP contribution in [0.3, 0.4) is 0 Å². The second-order valence-electron chi connectivity index (χ2n) is 7.44. The number of hydrogen-bond acceptors (Lipinski definition) is 4. The highest BCUT2D eigenvalue weighted by atomic mass is 32.2. The Labute approximate surface area is 155 Å². The summed E-state index contributed by atoms with van der Waals surface area (Å²) >= 11 is 1.95. The van der Waals surface area contributed by atoms with Crippen LogP contribution in [-0.2, 0) is 4.79 Å². The molecule has 3 rings (SSSR count). The second kappa shape index (κ2) is 9.12. The fourth-order valence-electron chi connectivity index (χ4n) is 4.28. The second-order valence-corrected chi connectivity index (χ2v) is 8.71. The molecule has 0 aliphatic carbocycles. The van der Waals surface area contributed by atoms with Crippen molar-refractivity contribution in [3.63, 3.8) is 0 Å². The lowest BCUT2D eigenvalue weighted by Crippen LogP contribution is -2.46. The molecule has 0 spiro atoms. The molecule has 3 heterocycles. The summed E-state index contributed by atoms with van der Waals surface area (Å²) in [6.45, 7) is 5.10. The molecule has 0 saturated carbocycles. The molecular formula is C18H32N4O2S. The number of unbranched alkanes of at least 4 members (excludes halogenated alkanes) is 1. The van der Waals surface area contributed by atoms with E-state index in [9.17, 15) is 9.59 Å². The lowest BCUT2D eigenvalue weighted by Gasteiger charge is -2.34. The zero-order valence-electron chi connectivity index (χ0n) is 15.3. The molecule has 3 atom stereocenters. The SMILES string of the molecule is CCCN(C(=O)CCCC[C@@H]1SC[C@@H]2NC(=O)N[C@@H]21)C1CCNCC1. The Morgan fingerprint density at radius 1 is 1.24 bits per heavy atom. The van der Waals surface area contributed by atoms with Crippen molar-refractivity contribution in [1.29, 1.82) is 0 Å². The standard InChI is InChI=1S/C18H32N4O2S/c1-2-11-22(13-7-9-19-10-8-13)16(23)6-4-3-5-15-17-14(12-25-15)20-18(24)21-17/h13-15,17,19H,2-12H2,1H3,(H2,20,21,24)/t14-,15-,17-/m0/s1. The van der Waals surface area contributed by atoms with Crippen LogP contribution in [0.4, 0.5) is 4.79 Å². The van der Waals surface area contributed by atoms with E-state index in [1.807, 2.05) is 11.8 Å². The molecule has 3 saturated heterocycles. The number of hydrogen-bond donors (Lipinski definition) is 3. The Balaban J connectivity index is 1.38. The van der Waals surface area contributed by atoms with Crippen LogP contribution < -0.4 is 16.0 Å². The van der Waals surface area contributed by atoms with E-state index in [1.165, 1.54) is 0 Å². The first kappa shape index (κ1) is 18.8. The molecule has 3 aliphatic rings. The van der Waals surface area contributed by atoms with Gasteiger partial charge in [0, 0.05) is 30.0 Å². The molecule has 3 fully saturated rings. The van der Waals surface area contributed by atoms with E-state index in [2.05, 4.69) is 27.8 Å². The molecule has 6 nitrogen and oxygen atoms in total. The van der Waals surface area contributed by atoms with Gasteiger partial charge in [0.25, 0.3) is 0 Å². The summed E-state index contributed by atoms with van der Waals surface area (Å²) < 4.78 is 0. The Kier molecular flexibility index (Phi) is 6.87. The maximum atomic E-state index is 12.7. The van der Waals surface area contributed by atoms with Crippen molar-refractivity contribution in [3.05, 3.63) is 0 Å². The molecule has 0 aromatic rings. The lowest BCUT2D eigenvalue weighted by atomic mass is 10.0. The maximum Gasteiger partial charge on any atom is 0.315 e. The van der Waals surface area contributed by atoms with E-state index in [1.54, 1.807) is 0 Å². The van der Waals surface area contributed by atoms with Gasteiger partial charge in [-0.25, -0.2) is 4.79 Å². The van der Waals surface area contributed by atoms with E-state index in [4.69, 9.17) is 0 Å². The van der Waals surface area contributed by atoms with Crippen molar-refractivity contribution in [2.24, 2.45) is 0 Å². The number of nitrogens with one attached hydrogen (secondary N) is 3. The molecule has 3 aliphatic heterocycles. The van der Waals surface area contributed by atoms with Gasteiger partial charge in [0.1, 0.15) is 0 Å². The number of carbonyl (C=O) groups is 2. The van der Waals surface area contributed by atoms with Crippen LogP contribution >= 0.6 is 11.8 Å². The molecule has 0 bridgehead atoms. The first-order valence-electron chi connectivity index (χ1n) is 9.88. The van der Waals surface area contributed by atoms with Crippen LogP contribution in [0.2, 0.25) is 0 Å². The van der Waals surface area contributed by atoms with Crippen LogP contribution in [0.25, 0.3) is 0 Å². The minimum Gasteiger partial charge on any atom is -0.340 e. The van der Waals surface area contributed by atoms with E-state index >= 15 is 0 Å². The smallest absolute Gasteiger partial charge is 0.315 e. The zero-order chi connectivity index (χ0) is 17.6. The minimum absolute atomic E-state index is 0.0207. The highest BCUT2D eigenvalue weighted by Gasteiger charge is 2.42. The van der Waals surface area contributed by atoms with Gasteiger partial charge in [0.15, 0.2) is 0 Å². The molecule has 142 valence electrons. The molecule has 7 heteroatoms. The van der Waals surface area contributed by atoms with Crippen LogP contribution in [0.5, 0.6) is 0 Å². The summed E-state index contributed by atoms with van der Waals surface area (Å²) in [6.07, 6.45) is 6.97. The molecule has 0 aromatic heterocycles. The maximum absolute atomic E-state index is 12.7. The Hall–Kier alpha value is -0.950. The molecule has 3 amide bonds. The molecule has 3 N–H and O–H groups in total. The van der Waals surface area contributed by atoms with Gasteiger partial charge in [-0.3, -0.25) is 4.79 Å². The number of nitrogens with zero attached hydrogens (tertiary/aromatic N) is 1. The van der Waals surface area contributed by atoms with E-state index in [0.717, 1.165) is 63.9 Å². The normalized spacial score (nSPS) is 29.2. The van der Waals surface area contributed by atoms with Gasteiger partial charge in [-0.2, -0.15) is 11.8 Å². The van der Waals surface area contributed by atoms with Gasteiger partial charge < -0.3 is 20.9 Å². The predicted octanol–water partition coefficient (Wildman–Crippen LogP) is 1.70. The number of rotatable bonds is 8. The highest BCUT2D eigenvalue weighted by molar-refractivity contribution is 8.00. The van der Waals surface area contributed by atoms with Crippen molar-refractivity contribution in [1.82, 2.24) is 20.9 Å². The summed E-state index contributed by atoms with van der Waals surface area (Å²) in [5, 5.41) is 9.90. The van der Waals surface area contributed by atoms with E-state index < -0.39 is 0 Å². The Morgan fingerprint density at radius 3 is 2.80 bits per heavy atom. The fraction of sp³-hybridized carbons (Fsp3) is 0.889. The van der Waals surface area contributed by atoms with Crippen LogP contribution in [0.1, 0.15) is 51.9 Å². The summed E-state index contributed by atoms with van der Waals surface area (Å²) in [5.74, 6) is 1.34. The Bertz CT molecular complexity index is 470. The first-order chi connectivity index (χ1) is 12.2. The quantitative estimate of drug-likeness (QED) is 0.450. The summed E-state index contributed by atoms with van der Waals surface area (Å²) in [5.41, 5.74) is 0. The first-order valence-corrected chi connectivity index (χ1v) is 10.9. The third kappa shape index (κ3) is 4.82. The lowest BCUT2D eigenvalue weighted by molar-refractivity contribution is -0.134. The van der Waals surface area contributed by atoms with Crippen molar-refractivity contribution < 1.29 is 9.59 Å². The molecule has 0 aromatic carbocycles. The zero-order valence-corrected chi connectivity index (χ0v) is 16.1. The van der Waals surface area contributed by atoms with Gasteiger partial charge >= 0.3 is 6.03 Å². The number of fused-ring (bicyclic) bond motifs is 1. The average Bonchev–Trinajstić information content (AvgIpc) is 3.16. The molecule has 0 radical (unpaired) electrons. The molecular weight excluding hydrogens is 336 g/mol. The Morgan fingerprint density at radius 2 is 2.04 bits per heavy atom. The number of carbonyl (C=O) groups excluding carboxylic acids is 2. The van der Waals surface area contributed by atoms with Crippen molar-refractivity contribution in [2.75, 3.05) is 25.4 Å². The predicted molar refractivity (Wildman–Crippen MR) is 102 cm³/mol. The topological polar surface area (TPSA) is 73.5 Å². The molecule has 25 heavy (non-hydrogen) atoms. The number of urea groups is 1. The minimum atomic E-state index is -0.0207. The van der Waals surface area contributed by atoms with Crippen molar-refractivity contribution in [3.8, 4) is 0 Å². The van der Waals surface area contributed by atoms with Gasteiger partial charge in [-0.05, 0) is 45.2 Å². The number of amides is 3. The monoisotopic (exact) mass is 368 g/mol. The largest absolute Gasteiger partial charge is 0.340 e. The highest BCUT2D eigenvalue weighted by Crippen LogP contribution is 2.33. The van der Waals surface area contributed by atoms with Crippen molar-refractivity contribution in [2.45, 2.75) is 75.2 Å². The molecule has 0 unspecified atom stereocenters. The van der Waals surface area contributed by atoms with Crippen LogP contribution in [0, 0.1) is 0 Å². The third-order valence-electron chi connectivity index (χ3n) is 5.60. The van der Waals surface area contributed by atoms with E-state index in [-0.39, 0.29) is 12.1 Å². The van der Waals surface area contributed by atoms with Gasteiger partial charge in [-0.15, -0.1) is 0 Å². The summed E-state index contributed by atoms with van der Waals surface area (Å²) in [4.78, 5) is 26.3. The van der Waals surface area contributed by atoms with Gasteiger partial charge in [0.2, 0.25) is 5.91 Å². The number of thioether (sulfide) groups is 1. The summed E-state index contributed by atoms with van der Waals surface area (Å²) in [6, 6.07) is 0.982. The van der Waals surface area contributed by atoms with Crippen LogP contribution in [0.15, 0.2) is 0 Å². The summed E-state index contributed by atoms with van der Waals surface area (Å²) in [7, 11) is 0. The average molecular weight is 369 g/mol. The van der Waals surface area contributed by atoms with Crippen molar-refractivity contribution >= 4 is 23.7 Å². The van der Waals surface area contributed by atoms with Crippen LogP contribution in [-0.4, -0.2) is 65.6 Å². The third-order valence-corrected chi connectivity index (χ3v) is 7.11. The number of piperidine rings is 1. The van der Waals surface area contributed by atoms with E-state index in [0.29, 0.717) is 29.7 Å². The van der Waals surface area contributed by atoms with Gasteiger partial charge in [0.05, 0.1) is 12.1 Å².